The number of nitrogens with zero attached hydrogens (tertiary/aromatic N) is 1. The predicted molar refractivity (Wildman–Crippen MR) is 71.8 cm³/mol. The first-order chi connectivity index (χ1) is 9.02. The molecule has 5 heteroatoms. The lowest BCUT2D eigenvalue weighted by atomic mass is 10.1. The van der Waals surface area contributed by atoms with Crippen molar-refractivity contribution in [2.24, 2.45) is 0 Å². The number of aromatic amines is 1. The molecule has 0 aliphatic heterocycles. The number of carboxylic acids is 1. The summed E-state index contributed by atoms with van der Waals surface area (Å²) in [6.45, 7) is 3.83. The minimum absolute atomic E-state index is 0.253. The molecular formula is C14H16N2O3. The van der Waals surface area contributed by atoms with E-state index in [0.29, 0.717) is 17.7 Å². The molecule has 0 atom stereocenters. The topological polar surface area (TPSA) is 75.1 Å². The van der Waals surface area contributed by atoms with Crippen molar-refractivity contribution >= 4 is 5.97 Å². The van der Waals surface area contributed by atoms with E-state index in [1.165, 1.54) is 4.68 Å². The second-order valence-electron chi connectivity index (χ2n) is 4.47. The smallest absolute Gasteiger partial charge is 0.308 e. The van der Waals surface area contributed by atoms with Crippen LogP contribution in [0.5, 0.6) is 0 Å². The Morgan fingerprint density at radius 3 is 2.74 bits per heavy atom. The number of carboxylic acid groups (broad SMARTS) is 1. The van der Waals surface area contributed by atoms with Crippen LogP contribution in [0.4, 0.5) is 0 Å². The largest absolute Gasteiger partial charge is 0.481 e. The normalized spacial score (nSPS) is 10.6. The average Bonchev–Trinajstić information content (AvgIpc) is 2.66. The summed E-state index contributed by atoms with van der Waals surface area (Å²) in [4.78, 5) is 23.1. The zero-order chi connectivity index (χ0) is 14.0. The van der Waals surface area contributed by atoms with E-state index in [1.54, 1.807) is 0 Å². The van der Waals surface area contributed by atoms with Gasteiger partial charge in [0, 0.05) is 5.69 Å². The summed E-state index contributed by atoms with van der Waals surface area (Å²) in [5.41, 5.74) is 2.48. The van der Waals surface area contributed by atoms with Crippen LogP contribution in [0.1, 0.15) is 23.7 Å². The van der Waals surface area contributed by atoms with Crippen LogP contribution in [0, 0.1) is 6.92 Å². The Balaban J connectivity index is 2.57. The van der Waals surface area contributed by atoms with Crippen LogP contribution in [0.25, 0.3) is 5.69 Å². The molecule has 2 rings (SSSR count). The number of carbonyl (C=O) groups is 1. The highest BCUT2D eigenvalue weighted by Gasteiger charge is 2.16. The molecule has 0 saturated carbocycles. The van der Waals surface area contributed by atoms with Gasteiger partial charge in [-0.3, -0.25) is 14.7 Å². The SMILES string of the molecule is CCc1[nH]n(-c2cccc(C)c2)c(=O)c1CC(=O)O. The van der Waals surface area contributed by atoms with Gasteiger partial charge in [0.25, 0.3) is 5.56 Å². The van der Waals surface area contributed by atoms with Crippen molar-refractivity contribution in [2.45, 2.75) is 26.7 Å². The Kier molecular flexibility index (Phi) is 3.55. The number of hydrogen-bond acceptors (Lipinski definition) is 2. The van der Waals surface area contributed by atoms with Crippen LogP contribution in [0.2, 0.25) is 0 Å². The molecule has 2 N–H and O–H groups in total. The van der Waals surface area contributed by atoms with Crippen molar-refractivity contribution in [1.29, 1.82) is 0 Å². The van der Waals surface area contributed by atoms with Crippen LogP contribution >= 0.6 is 0 Å². The molecule has 0 aliphatic rings. The summed E-state index contributed by atoms with van der Waals surface area (Å²) < 4.78 is 1.41. The molecular weight excluding hydrogens is 244 g/mol. The van der Waals surface area contributed by atoms with Crippen LogP contribution in [-0.4, -0.2) is 20.9 Å². The minimum Gasteiger partial charge on any atom is -0.481 e. The first kappa shape index (κ1) is 13.1. The number of aromatic nitrogens is 2. The van der Waals surface area contributed by atoms with E-state index in [9.17, 15) is 9.59 Å². The summed E-state index contributed by atoms with van der Waals surface area (Å²) in [6.07, 6.45) is 0.341. The Morgan fingerprint density at radius 2 is 2.16 bits per heavy atom. The third kappa shape index (κ3) is 2.59. The van der Waals surface area contributed by atoms with E-state index in [-0.39, 0.29) is 12.0 Å². The molecule has 2 aromatic rings. The fourth-order valence-corrected chi connectivity index (χ4v) is 2.09. The summed E-state index contributed by atoms with van der Waals surface area (Å²) in [7, 11) is 0. The Bertz CT molecular complexity index is 668. The van der Waals surface area contributed by atoms with Gasteiger partial charge in [-0.25, -0.2) is 4.68 Å². The highest BCUT2D eigenvalue weighted by molar-refractivity contribution is 5.70. The Labute approximate surface area is 110 Å². The zero-order valence-electron chi connectivity index (χ0n) is 10.9. The molecule has 5 nitrogen and oxygen atoms in total. The third-order valence-electron chi connectivity index (χ3n) is 3.01. The zero-order valence-corrected chi connectivity index (χ0v) is 10.9. The van der Waals surface area contributed by atoms with Gasteiger partial charge in [0.1, 0.15) is 0 Å². The lowest BCUT2D eigenvalue weighted by molar-refractivity contribution is -0.136. The van der Waals surface area contributed by atoms with Crippen molar-refractivity contribution in [3.05, 3.63) is 51.4 Å². The number of benzene rings is 1. The maximum Gasteiger partial charge on any atom is 0.308 e. The van der Waals surface area contributed by atoms with Gasteiger partial charge >= 0.3 is 5.97 Å². The molecule has 0 bridgehead atoms. The van der Waals surface area contributed by atoms with Crippen molar-refractivity contribution < 1.29 is 9.90 Å². The van der Waals surface area contributed by atoms with Crippen molar-refractivity contribution in [3.8, 4) is 5.69 Å². The van der Waals surface area contributed by atoms with Crippen LogP contribution in [-0.2, 0) is 17.6 Å². The molecule has 1 aromatic carbocycles. The minimum atomic E-state index is -0.998. The fraction of sp³-hybridized carbons (Fsp3) is 0.286. The number of aryl methyl sites for hydroxylation is 2. The number of aliphatic carboxylic acids is 1. The molecule has 1 heterocycles. The van der Waals surface area contributed by atoms with Gasteiger partial charge in [-0.2, -0.15) is 0 Å². The maximum absolute atomic E-state index is 12.3. The van der Waals surface area contributed by atoms with Crippen molar-refractivity contribution in [1.82, 2.24) is 9.78 Å². The molecule has 0 fully saturated rings. The van der Waals surface area contributed by atoms with Gasteiger partial charge in [0.05, 0.1) is 17.7 Å². The molecule has 0 radical (unpaired) electrons. The molecule has 0 amide bonds. The van der Waals surface area contributed by atoms with E-state index in [0.717, 1.165) is 11.3 Å². The third-order valence-corrected chi connectivity index (χ3v) is 3.01. The van der Waals surface area contributed by atoms with E-state index in [1.807, 2.05) is 38.1 Å². The molecule has 0 spiro atoms. The number of hydrogen-bond donors (Lipinski definition) is 2. The lowest BCUT2D eigenvalue weighted by Gasteiger charge is -2.02. The van der Waals surface area contributed by atoms with E-state index in [4.69, 9.17) is 5.11 Å². The second-order valence-corrected chi connectivity index (χ2v) is 4.47. The van der Waals surface area contributed by atoms with Gasteiger partial charge in [0.15, 0.2) is 0 Å². The van der Waals surface area contributed by atoms with Crippen LogP contribution in [0.15, 0.2) is 29.1 Å². The van der Waals surface area contributed by atoms with Gasteiger partial charge in [-0.1, -0.05) is 19.1 Å². The van der Waals surface area contributed by atoms with Gasteiger partial charge < -0.3 is 5.11 Å². The molecule has 19 heavy (non-hydrogen) atoms. The second kappa shape index (κ2) is 5.14. The molecule has 0 aliphatic carbocycles. The van der Waals surface area contributed by atoms with E-state index < -0.39 is 5.97 Å². The van der Waals surface area contributed by atoms with Gasteiger partial charge in [-0.05, 0) is 31.0 Å². The number of nitrogens with one attached hydrogen (secondary N) is 1. The number of rotatable bonds is 4. The van der Waals surface area contributed by atoms with E-state index >= 15 is 0 Å². The van der Waals surface area contributed by atoms with Gasteiger partial charge in [-0.15, -0.1) is 0 Å². The molecule has 100 valence electrons. The summed E-state index contributed by atoms with van der Waals surface area (Å²) >= 11 is 0. The first-order valence-electron chi connectivity index (χ1n) is 6.14. The Morgan fingerprint density at radius 1 is 1.42 bits per heavy atom. The predicted octanol–water partition coefficient (Wildman–Crippen LogP) is 1.66. The maximum atomic E-state index is 12.3. The molecule has 0 saturated heterocycles. The first-order valence-corrected chi connectivity index (χ1v) is 6.14. The van der Waals surface area contributed by atoms with Crippen molar-refractivity contribution in [3.63, 3.8) is 0 Å². The molecule has 0 unspecified atom stereocenters. The van der Waals surface area contributed by atoms with Crippen LogP contribution in [0.3, 0.4) is 0 Å². The summed E-state index contributed by atoms with van der Waals surface area (Å²) in [6, 6.07) is 7.49. The monoisotopic (exact) mass is 260 g/mol. The quantitative estimate of drug-likeness (QED) is 0.878. The van der Waals surface area contributed by atoms with Gasteiger partial charge in [0.2, 0.25) is 0 Å². The van der Waals surface area contributed by atoms with Crippen molar-refractivity contribution in [2.75, 3.05) is 0 Å². The average molecular weight is 260 g/mol. The standard InChI is InChI=1S/C14H16N2O3/c1-3-12-11(8-13(17)18)14(19)16(15-12)10-6-4-5-9(2)7-10/h4-7,15H,3,8H2,1-2H3,(H,17,18). The summed E-state index contributed by atoms with van der Waals surface area (Å²) in [5.74, 6) is -0.998. The lowest BCUT2D eigenvalue weighted by Crippen LogP contribution is -2.19. The van der Waals surface area contributed by atoms with Crippen LogP contribution < -0.4 is 5.56 Å². The highest BCUT2D eigenvalue weighted by Crippen LogP contribution is 2.10. The molecule has 1 aromatic heterocycles. The Hall–Kier alpha value is -2.30. The summed E-state index contributed by atoms with van der Waals surface area (Å²) in [5, 5.41) is 11.9. The highest BCUT2D eigenvalue weighted by atomic mass is 16.4. The van der Waals surface area contributed by atoms with E-state index in [2.05, 4.69) is 5.10 Å². The number of H-pyrrole nitrogens is 1. The fourth-order valence-electron chi connectivity index (χ4n) is 2.09.